The number of nitrogens with one attached hydrogen (secondary N) is 1. The van der Waals surface area contributed by atoms with E-state index in [0.717, 1.165) is 31.4 Å². The van der Waals surface area contributed by atoms with E-state index < -0.39 is 0 Å². The smallest absolute Gasteiger partial charge is 0.268 e. The molecule has 1 fully saturated rings. The lowest BCUT2D eigenvalue weighted by Crippen LogP contribution is -2.36. The standard InChI is InChI=1S/C14H17N3O2S/c1-9(18)10-2-5-17(6-3-10)8-12-15-11-4-7-20-13(11)14(19)16-12/h4,7,10H,2-3,5-6,8H2,1H3,(H,15,16,19). The van der Waals surface area contributed by atoms with Crippen molar-refractivity contribution < 1.29 is 4.79 Å². The van der Waals surface area contributed by atoms with Gasteiger partial charge in [-0.3, -0.25) is 14.5 Å². The first-order valence-electron chi connectivity index (χ1n) is 6.82. The molecule has 0 bridgehead atoms. The molecule has 2 aromatic rings. The molecule has 0 unspecified atom stereocenters. The van der Waals surface area contributed by atoms with Crippen molar-refractivity contribution in [3.8, 4) is 0 Å². The molecule has 0 radical (unpaired) electrons. The lowest BCUT2D eigenvalue weighted by molar-refractivity contribution is -0.122. The second-order valence-corrected chi connectivity index (χ2v) is 6.22. The van der Waals surface area contributed by atoms with Crippen molar-refractivity contribution in [3.63, 3.8) is 0 Å². The van der Waals surface area contributed by atoms with Crippen molar-refractivity contribution in [3.05, 3.63) is 27.6 Å². The van der Waals surface area contributed by atoms with E-state index in [9.17, 15) is 9.59 Å². The number of hydrogen-bond acceptors (Lipinski definition) is 5. The lowest BCUT2D eigenvalue weighted by atomic mass is 9.93. The van der Waals surface area contributed by atoms with Crippen LogP contribution in [-0.4, -0.2) is 33.7 Å². The summed E-state index contributed by atoms with van der Waals surface area (Å²) >= 11 is 1.41. The molecular formula is C14H17N3O2S. The van der Waals surface area contributed by atoms with Crippen LogP contribution in [0.2, 0.25) is 0 Å². The number of likely N-dealkylation sites (tertiary alicyclic amines) is 1. The third-order valence-corrected chi connectivity index (χ3v) is 4.80. The number of carbonyl (C=O) groups is 1. The molecule has 0 atom stereocenters. The Labute approximate surface area is 120 Å². The summed E-state index contributed by atoms with van der Waals surface area (Å²) in [5.74, 6) is 1.20. The van der Waals surface area contributed by atoms with Gasteiger partial charge in [0.05, 0.1) is 12.1 Å². The summed E-state index contributed by atoms with van der Waals surface area (Å²) in [6, 6.07) is 1.88. The number of aromatic nitrogens is 2. The van der Waals surface area contributed by atoms with Crippen LogP contribution in [-0.2, 0) is 11.3 Å². The Morgan fingerprint density at radius 3 is 2.95 bits per heavy atom. The third-order valence-electron chi connectivity index (χ3n) is 3.90. The number of nitrogens with zero attached hydrogens (tertiary/aromatic N) is 2. The number of Topliss-reactive ketones (excluding diaryl/α,β-unsaturated/α-hetero) is 1. The van der Waals surface area contributed by atoms with Crippen LogP contribution in [0.1, 0.15) is 25.6 Å². The van der Waals surface area contributed by atoms with Gasteiger partial charge in [-0.25, -0.2) is 4.98 Å². The van der Waals surface area contributed by atoms with Crippen LogP contribution in [0.25, 0.3) is 10.2 Å². The Balaban J connectivity index is 1.71. The highest BCUT2D eigenvalue weighted by atomic mass is 32.1. The minimum absolute atomic E-state index is 0.0568. The van der Waals surface area contributed by atoms with Crippen LogP contribution in [0.4, 0.5) is 0 Å². The number of fused-ring (bicyclic) bond motifs is 1. The molecule has 20 heavy (non-hydrogen) atoms. The van der Waals surface area contributed by atoms with Gasteiger partial charge in [0, 0.05) is 5.92 Å². The fraction of sp³-hybridized carbons (Fsp3) is 0.500. The van der Waals surface area contributed by atoms with Crippen molar-refractivity contribution >= 4 is 27.3 Å². The maximum atomic E-state index is 11.9. The van der Waals surface area contributed by atoms with Gasteiger partial charge in [-0.05, 0) is 44.3 Å². The van der Waals surface area contributed by atoms with Crippen molar-refractivity contribution in [2.75, 3.05) is 13.1 Å². The maximum absolute atomic E-state index is 11.9. The number of hydrogen-bond donors (Lipinski definition) is 1. The topological polar surface area (TPSA) is 66.1 Å². The summed E-state index contributed by atoms with van der Waals surface area (Å²) in [5, 5.41) is 1.88. The Morgan fingerprint density at radius 1 is 1.50 bits per heavy atom. The fourth-order valence-corrected chi connectivity index (χ4v) is 3.43. The van der Waals surface area contributed by atoms with E-state index in [1.165, 1.54) is 11.3 Å². The number of piperidine rings is 1. The van der Waals surface area contributed by atoms with Gasteiger partial charge >= 0.3 is 0 Å². The normalized spacial score (nSPS) is 17.6. The SMILES string of the molecule is CC(=O)C1CCN(Cc2nc3ccsc3c(=O)[nH]2)CC1. The fourth-order valence-electron chi connectivity index (χ4n) is 2.71. The van der Waals surface area contributed by atoms with E-state index in [0.29, 0.717) is 17.1 Å². The minimum Gasteiger partial charge on any atom is -0.308 e. The highest BCUT2D eigenvalue weighted by Crippen LogP contribution is 2.19. The van der Waals surface area contributed by atoms with Crippen LogP contribution in [0.5, 0.6) is 0 Å². The monoisotopic (exact) mass is 291 g/mol. The van der Waals surface area contributed by atoms with E-state index in [1.807, 2.05) is 11.4 Å². The van der Waals surface area contributed by atoms with E-state index in [-0.39, 0.29) is 17.3 Å². The molecule has 1 aliphatic heterocycles. The maximum Gasteiger partial charge on any atom is 0.268 e. The quantitative estimate of drug-likeness (QED) is 0.936. The number of carbonyl (C=O) groups excluding carboxylic acids is 1. The first kappa shape index (κ1) is 13.5. The van der Waals surface area contributed by atoms with E-state index in [4.69, 9.17) is 0 Å². The molecule has 2 aromatic heterocycles. The number of ketones is 1. The zero-order valence-electron chi connectivity index (χ0n) is 11.4. The van der Waals surface area contributed by atoms with Gasteiger partial charge < -0.3 is 4.98 Å². The Hall–Kier alpha value is -1.53. The molecule has 106 valence electrons. The van der Waals surface area contributed by atoms with Gasteiger partial charge in [-0.15, -0.1) is 11.3 Å². The van der Waals surface area contributed by atoms with Crippen molar-refractivity contribution in [1.82, 2.24) is 14.9 Å². The van der Waals surface area contributed by atoms with Gasteiger partial charge in [0.25, 0.3) is 5.56 Å². The largest absolute Gasteiger partial charge is 0.308 e. The Bertz CT molecular complexity index is 683. The first-order valence-corrected chi connectivity index (χ1v) is 7.70. The molecule has 0 aromatic carbocycles. The Kier molecular flexibility index (Phi) is 3.67. The van der Waals surface area contributed by atoms with E-state index in [1.54, 1.807) is 6.92 Å². The summed E-state index contributed by atoms with van der Waals surface area (Å²) in [6.45, 7) is 4.08. The minimum atomic E-state index is -0.0568. The summed E-state index contributed by atoms with van der Waals surface area (Å²) in [4.78, 5) is 32.8. The average Bonchev–Trinajstić information content (AvgIpc) is 2.88. The molecule has 3 heterocycles. The highest BCUT2D eigenvalue weighted by Gasteiger charge is 2.22. The number of H-pyrrole nitrogens is 1. The zero-order valence-corrected chi connectivity index (χ0v) is 12.2. The second-order valence-electron chi connectivity index (χ2n) is 5.31. The first-order chi connectivity index (χ1) is 9.63. The number of thiophene rings is 1. The number of aromatic amines is 1. The molecule has 0 aliphatic carbocycles. The molecule has 3 rings (SSSR count). The molecule has 0 spiro atoms. The predicted octanol–water partition coefficient (Wildman–Crippen LogP) is 1.79. The van der Waals surface area contributed by atoms with Crippen LogP contribution in [0.15, 0.2) is 16.2 Å². The molecule has 1 saturated heterocycles. The highest BCUT2D eigenvalue weighted by molar-refractivity contribution is 7.17. The van der Waals surface area contributed by atoms with Gasteiger partial charge in [0.2, 0.25) is 0 Å². The molecule has 1 N–H and O–H groups in total. The lowest BCUT2D eigenvalue weighted by Gasteiger charge is -2.30. The van der Waals surface area contributed by atoms with Gasteiger partial charge in [0.15, 0.2) is 0 Å². The van der Waals surface area contributed by atoms with E-state index in [2.05, 4.69) is 14.9 Å². The van der Waals surface area contributed by atoms with Gasteiger partial charge in [0.1, 0.15) is 16.3 Å². The van der Waals surface area contributed by atoms with Gasteiger partial charge in [-0.1, -0.05) is 0 Å². The predicted molar refractivity (Wildman–Crippen MR) is 78.9 cm³/mol. The Morgan fingerprint density at radius 2 is 2.25 bits per heavy atom. The third kappa shape index (κ3) is 2.66. The summed E-state index contributed by atoms with van der Waals surface area (Å²) in [5.41, 5.74) is 0.714. The zero-order chi connectivity index (χ0) is 14.1. The number of rotatable bonds is 3. The van der Waals surface area contributed by atoms with E-state index >= 15 is 0 Å². The van der Waals surface area contributed by atoms with Crippen LogP contribution in [0, 0.1) is 5.92 Å². The molecule has 5 nitrogen and oxygen atoms in total. The molecular weight excluding hydrogens is 274 g/mol. The summed E-state index contributed by atoms with van der Waals surface area (Å²) in [6.07, 6.45) is 1.81. The summed E-state index contributed by atoms with van der Waals surface area (Å²) < 4.78 is 0.684. The van der Waals surface area contributed by atoms with Crippen LogP contribution >= 0.6 is 11.3 Å². The summed E-state index contributed by atoms with van der Waals surface area (Å²) in [7, 11) is 0. The molecule has 6 heteroatoms. The van der Waals surface area contributed by atoms with Crippen molar-refractivity contribution in [1.29, 1.82) is 0 Å². The average molecular weight is 291 g/mol. The molecule has 1 aliphatic rings. The molecule has 0 amide bonds. The van der Waals surface area contributed by atoms with Crippen molar-refractivity contribution in [2.45, 2.75) is 26.3 Å². The molecule has 0 saturated carbocycles. The van der Waals surface area contributed by atoms with Crippen LogP contribution in [0.3, 0.4) is 0 Å². The van der Waals surface area contributed by atoms with Crippen molar-refractivity contribution in [2.24, 2.45) is 5.92 Å². The van der Waals surface area contributed by atoms with Gasteiger partial charge in [-0.2, -0.15) is 0 Å². The second kappa shape index (κ2) is 5.46. The van der Waals surface area contributed by atoms with Crippen LogP contribution < -0.4 is 5.56 Å².